The highest BCUT2D eigenvalue weighted by Gasteiger charge is 2.09. The highest BCUT2D eigenvalue weighted by atomic mass is 32.1. The van der Waals surface area contributed by atoms with Gasteiger partial charge in [0.1, 0.15) is 5.75 Å². The Bertz CT molecular complexity index is 925. The predicted octanol–water partition coefficient (Wildman–Crippen LogP) is 4.97. The maximum absolute atomic E-state index is 5.34. The first-order valence-electron chi connectivity index (χ1n) is 6.98. The van der Waals surface area contributed by atoms with Crippen molar-refractivity contribution in [3.05, 3.63) is 59.7 Å². The molecule has 0 atom stereocenters. The summed E-state index contributed by atoms with van der Waals surface area (Å²) in [5.41, 5.74) is 5.67. The lowest BCUT2D eigenvalue weighted by Crippen LogP contribution is -1.84. The van der Waals surface area contributed by atoms with E-state index in [1.165, 1.54) is 5.56 Å². The molecule has 1 N–H and O–H groups in total. The number of H-pyrrole nitrogens is 1. The molecule has 4 aromatic rings. The molecule has 0 bridgehead atoms. The number of hydrogen-bond donors (Lipinski definition) is 1. The van der Waals surface area contributed by atoms with Gasteiger partial charge in [0.15, 0.2) is 0 Å². The molecule has 3 heterocycles. The fourth-order valence-electron chi connectivity index (χ4n) is 2.64. The molecule has 0 unspecified atom stereocenters. The Hall–Kier alpha value is -2.59. The molecule has 3 aromatic heterocycles. The van der Waals surface area contributed by atoms with E-state index >= 15 is 0 Å². The molecule has 3 nitrogen and oxygen atoms in total. The number of aromatic nitrogens is 2. The van der Waals surface area contributed by atoms with E-state index in [2.05, 4.69) is 38.9 Å². The summed E-state index contributed by atoms with van der Waals surface area (Å²) in [7, 11) is 1.69. The van der Waals surface area contributed by atoms with Gasteiger partial charge in [-0.3, -0.25) is 4.98 Å². The van der Waals surface area contributed by atoms with E-state index in [1.54, 1.807) is 18.4 Å². The van der Waals surface area contributed by atoms with Crippen molar-refractivity contribution in [1.82, 2.24) is 9.97 Å². The molecule has 0 saturated heterocycles. The van der Waals surface area contributed by atoms with Crippen molar-refractivity contribution in [2.75, 3.05) is 7.11 Å². The van der Waals surface area contributed by atoms with Gasteiger partial charge in [0.05, 0.1) is 7.11 Å². The fourth-order valence-corrected chi connectivity index (χ4v) is 3.30. The van der Waals surface area contributed by atoms with E-state index in [4.69, 9.17) is 4.74 Å². The Morgan fingerprint density at radius 3 is 2.77 bits per heavy atom. The number of benzene rings is 1. The first-order chi connectivity index (χ1) is 10.8. The molecule has 0 amide bonds. The van der Waals surface area contributed by atoms with Crippen LogP contribution in [-0.2, 0) is 0 Å². The standard InChI is InChI=1S/C18H14N2OS/c1-21-15-2-3-18-16(7-15)17(10-20-18)14-6-13(8-19-9-14)12-4-5-22-11-12/h2-11,20H,1H3. The van der Waals surface area contributed by atoms with Crippen LogP contribution in [0.4, 0.5) is 0 Å². The number of ether oxygens (including phenoxy) is 1. The van der Waals surface area contributed by atoms with Gasteiger partial charge in [-0.2, -0.15) is 11.3 Å². The SMILES string of the molecule is COc1ccc2[nH]cc(-c3cncc(-c4ccsc4)c3)c2c1. The minimum absolute atomic E-state index is 0.857. The maximum Gasteiger partial charge on any atom is 0.119 e. The zero-order valence-corrected chi connectivity index (χ0v) is 12.9. The van der Waals surface area contributed by atoms with Crippen LogP contribution in [-0.4, -0.2) is 17.1 Å². The number of thiophene rings is 1. The van der Waals surface area contributed by atoms with E-state index in [-0.39, 0.29) is 0 Å². The van der Waals surface area contributed by atoms with Crippen molar-refractivity contribution >= 4 is 22.2 Å². The molecule has 4 heteroatoms. The Morgan fingerprint density at radius 2 is 1.95 bits per heavy atom. The Labute approximate surface area is 132 Å². The molecule has 0 fully saturated rings. The summed E-state index contributed by atoms with van der Waals surface area (Å²) in [6.45, 7) is 0. The van der Waals surface area contributed by atoms with E-state index in [1.807, 2.05) is 30.7 Å². The second-order valence-corrected chi connectivity index (χ2v) is 5.87. The van der Waals surface area contributed by atoms with Crippen molar-refractivity contribution in [3.63, 3.8) is 0 Å². The lowest BCUT2D eigenvalue weighted by atomic mass is 10.0. The zero-order valence-electron chi connectivity index (χ0n) is 12.0. The average molecular weight is 306 g/mol. The third-order valence-electron chi connectivity index (χ3n) is 3.79. The summed E-state index contributed by atoms with van der Waals surface area (Å²) in [6, 6.07) is 10.3. The number of aromatic amines is 1. The summed E-state index contributed by atoms with van der Waals surface area (Å²) in [5.74, 6) is 0.857. The molecule has 1 aromatic carbocycles. The van der Waals surface area contributed by atoms with E-state index in [0.717, 1.165) is 33.3 Å². The molecule has 0 spiro atoms. The van der Waals surface area contributed by atoms with Gasteiger partial charge in [-0.25, -0.2) is 0 Å². The van der Waals surface area contributed by atoms with Crippen molar-refractivity contribution in [1.29, 1.82) is 0 Å². The van der Waals surface area contributed by atoms with Crippen molar-refractivity contribution < 1.29 is 4.74 Å². The molecule has 0 aliphatic heterocycles. The molecule has 108 valence electrons. The molecular formula is C18H14N2OS. The summed E-state index contributed by atoms with van der Waals surface area (Å²) < 4.78 is 5.34. The molecule has 4 rings (SSSR count). The second-order valence-electron chi connectivity index (χ2n) is 5.09. The monoisotopic (exact) mass is 306 g/mol. The van der Waals surface area contributed by atoms with E-state index in [9.17, 15) is 0 Å². The topological polar surface area (TPSA) is 37.9 Å². The number of pyridine rings is 1. The molecular weight excluding hydrogens is 292 g/mol. The van der Waals surface area contributed by atoms with Gasteiger partial charge in [-0.15, -0.1) is 0 Å². The number of fused-ring (bicyclic) bond motifs is 1. The number of rotatable bonds is 3. The number of methoxy groups -OCH3 is 1. The van der Waals surface area contributed by atoms with Gasteiger partial charge >= 0.3 is 0 Å². The van der Waals surface area contributed by atoms with Gasteiger partial charge in [-0.1, -0.05) is 0 Å². The van der Waals surface area contributed by atoms with Crippen LogP contribution in [0, 0.1) is 0 Å². The van der Waals surface area contributed by atoms with Gasteiger partial charge in [-0.05, 0) is 46.7 Å². The fraction of sp³-hybridized carbons (Fsp3) is 0.0556. The predicted molar refractivity (Wildman–Crippen MR) is 91.4 cm³/mol. The van der Waals surface area contributed by atoms with Gasteiger partial charge < -0.3 is 9.72 Å². The smallest absolute Gasteiger partial charge is 0.119 e. The first-order valence-corrected chi connectivity index (χ1v) is 7.92. The first kappa shape index (κ1) is 13.1. The summed E-state index contributed by atoms with van der Waals surface area (Å²) >= 11 is 1.69. The zero-order chi connectivity index (χ0) is 14.9. The Balaban J connectivity index is 1.87. The second kappa shape index (κ2) is 5.31. The van der Waals surface area contributed by atoms with Gasteiger partial charge in [0.25, 0.3) is 0 Å². The average Bonchev–Trinajstić information content (AvgIpc) is 3.24. The van der Waals surface area contributed by atoms with Crippen molar-refractivity contribution in [2.45, 2.75) is 0 Å². The van der Waals surface area contributed by atoms with Gasteiger partial charge in [0, 0.05) is 46.2 Å². The normalized spacial score (nSPS) is 11.0. The summed E-state index contributed by atoms with van der Waals surface area (Å²) in [4.78, 5) is 7.72. The summed E-state index contributed by atoms with van der Waals surface area (Å²) in [6.07, 6.45) is 5.83. The van der Waals surface area contributed by atoms with Crippen LogP contribution in [0.15, 0.2) is 59.7 Å². The Kier molecular flexibility index (Phi) is 3.16. The molecule has 0 aliphatic rings. The third kappa shape index (κ3) is 2.18. The molecule has 0 aliphatic carbocycles. The van der Waals surface area contributed by atoms with Crippen LogP contribution in [0.2, 0.25) is 0 Å². The van der Waals surface area contributed by atoms with Crippen LogP contribution >= 0.6 is 11.3 Å². The van der Waals surface area contributed by atoms with E-state index in [0.29, 0.717) is 0 Å². The molecule has 22 heavy (non-hydrogen) atoms. The lowest BCUT2D eigenvalue weighted by molar-refractivity contribution is 0.415. The van der Waals surface area contributed by atoms with Crippen LogP contribution in [0.1, 0.15) is 0 Å². The third-order valence-corrected chi connectivity index (χ3v) is 4.48. The molecule has 0 saturated carbocycles. The van der Waals surface area contributed by atoms with Crippen molar-refractivity contribution in [2.24, 2.45) is 0 Å². The maximum atomic E-state index is 5.34. The minimum Gasteiger partial charge on any atom is -0.497 e. The largest absolute Gasteiger partial charge is 0.497 e. The Morgan fingerprint density at radius 1 is 1.05 bits per heavy atom. The minimum atomic E-state index is 0.857. The highest BCUT2D eigenvalue weighted by Crippen LogP contribution is 2.33. The van der Waals surface area contributed by atoms with Crippen LogP contribution in [0.5, 0.6) is 5.75 Å². The van der Waals surface area contributed by atoms with Crippen LogP contribution in [0.3, 0.4) is 0 Å². The highest BCUT2D eigenvalue weighted by molar-refractivity contribution is 7.08. The van der Waals surface area contributed by atoms with Crippen molar-refractivity contribution in [3.8, 4) is 28.0 Å². The summed E-state index contributed by atoms with van der Waals surface area (Å²) in [5, 5.41) is 5.36. The molecule has 0 radical (unpaired) electrons. The van der Waals surface area contributed by atoms with E-state index < -0.39 is 0 Å². The lowest BCUT2D eigenvalue weighted by Gasteiger charge is -2.04. The van der Waals surface area contributed by atoms with Crippen LogP contribution in [0.25, 0.3) is 33.2 Å². The van der Waals surface area contributed by atoms with Crippen LogP contribution < -0.4 is 4.74 Å². The number of nitrogens with zero attached hydrogens (tertiary/aromatic N) is 1. The van der Waals surface area contributed by atoms with Gasteiger partial charge in [0.2, 0.25) is 0 Å². The quantitative estimate of drug-likeness (QED) is 0.580. The number of hydrogen-bond acceptors (Lipinski definition) is 3. The number of nitrogens with one attached hydrogen (secondary N) is 1.